The van der Waals surface area contributed by atoms with Crippen LogP contribution in [0, 0.1) is 0 Å². The van der Waals surface area contributed by atoms with E-state index in [9.17, 15) is 28.0 Å². The van der Waals surface area contributed by atoms with Gasteiger partial charge in [-0.3, -0.25) is 14.5 Å². The van der Waals surface area contributed by atoms with Crippen LogP contribution in [0.2, 0.25) is 0 Å². The summed E-state index contributed by atoms with van der Waals surface area (Å²) < 4.78 is 45.1. The third-order valence-corrected chi connectivity index (χ3v) is 10.1. The van der Waals surface area contributed by atoms with Gasteiger partial charge < -0.3 is 18.8 Å². The predicted molar refractivity (Wildman–Crippen MR) is 183 cm³/mol. The molecule has 1 aromatic carbocycles. The van der Waals surface area contributed by atoms with Crippen LogP contribution in [0.1, 0.15) is 64.2 Å². The third-order valence-electron chi connectivity index (χ3n) is 9.46. The van der Waals surface area contributed by atoms with E-state index in [-0.39, 0.29) is 55.2 Å². The molecule has 0 saturated heterocycles. The summed E-state index contributed by atoms with van der Waals surface area (Å²) in [5.41, 5.74) is 0.122. The van der Waals surface area contributed by atoms with E-state index < -0.39 is 45.2 Å². The molecule has 14 nitrogen and oxygen atoms in total. The number of amidine groups is 1. The Morgan fingerprint density at radius 3 is 2.56 bits per heavy atom. The average molecular weight is 707 g/mol. The maximum absolute atomic E-state index is 13.8. The first-order valence-corrected chi connectivity index (χ1v) is 18.2. The summed E-state index contributed by atoms with van der Waals surface area (Å²) in [4.78, 5) is 49.5. The Labute approximate surface area is 289 Å². The lowest BCUT2D eigenvalue weighted by Crippen LogP contribution is -2.47. The second-order valence-corrected chi connectivity index (χ2v) is 15.6. The summed E-state index contributed by atoms with van der Waals surface area (Å²) in [5, 5.41) is 14.6. The lowest BCUT2D eigenvalue weighted by atomic mass is 9.85. The van der Waals surface area contributed by atoms with Crippen LogP contribution in [-0.2, 0) is 57.8 Å². The number of aromatic nitrogens is 2. The number of cyclic esters (lactones) is 1. The van der Waals surface area contributed by atoms with Gasteiger partial charge in [0.15, 0.2) is 0 Å². The molecule has 1 atom stereocenters. The van der Waals surface area contributed by atoms with E-state index in [1.54, 1.807) is 31.4 Å². The molecule has 0 unspecified atom stereocenters. The molecule has 3 aliphatic heterocycles. The van der Waals surface area contributed by atoms with E-state index in [1.165, 1.54) is 0 Å². The van der Waals surface area contributed by atoms with Gasteiger partial charge in [0.05, 0.1) is 59.6 Å². The van der Waals surface area contributed by atoms with Gasteiger partial charge in [-0.25, -0.2) is 23.0 Å². The zero-order chi connectivity index (χ0) is 36.2. The lowest BCUT2D eigenvalue weighted by Gasteiger charge is -2.35. The molecule has 0 fully saturated rings. The fourth-order valence-corrected chi connectivity index (χ4v) is 7.52. The van der Waals surface area contributed by atoms with Crippen LogP contribution in [0.25, 0.3) is 22.3 Å². The minimum atomic E-state index is -3.77. The number of hydrogen-bond acceptors (Lipinski definition) is 11. The fourth-order valence-electron chi connectivity index (χ4n) is 6.93. The Bertz CT molecular complexity index is 2140. The van der Waals surface area contributed by atoms with E-state index >= 15 is 0 Å². The number of pyridine rings is 2. The monoisotopic (exact) mass is 706 g/mol. The summed E-state index contributed by atoms with van der Waals surface area (Å²) in [7, 11) is -3.77. The van der Waals surface area contributed by atoms with Crippen LogP contribution in [0.15, 0.2) is 57.8 Å². The zero-order valence-electron chi connectivity index (χ0n) is 28.9. The maximum atomic E-state index is 13.8. The van der Waals surface area contributed by atoms with Crippen molar-refractivity contribution in [3.63, 3.8) is 0 Å². The standard InChI is InChI=1S/C35H40N5O9S/c1-7-35(49-29(41)17-36-28(38-50(6,45)46)12-13-47-19-23-16-33(2,3)40(44)34(23,4)5)25-15-27-30-22(14-21-10-8-9-11-26(21)37-30)18-39(27)31(42)24(25)20-48-32(35)43/h8-11,14-16H,7,12-13,17-20H2,1-6H3,(H,36,38)/t35-/m0/s1. The van der Waals surface area contributed by atoms with Crippen molar-refractivity contribution in [1.82, 2.24) is 19.3 Å². The number of nitrogens with zero attached hydrogens (tertiary/aromatic N) is 4. The number of sulfonamides is 1. The highest BCUT2D eigenvalue weighted by Crippen LogP contribution is 2.41. The summed E-state index contributed by atoms with van der Waals surface area (Å²) >= 11 is 0. The number of ether oxygens (including phenoxy) is 3. The number of para-hydroxylation sites is 1. The number of nitrogens with one attached hydrogen (secondary N) is 1. The second kappa shape index (κ2) is 12.7. The van der Waals surface area contributed by atoms with E-state index in [4.69, 9.17) is 19.2 Å². The molecule has 3 aromatic rings. The molecule has 2 aromatic heterocycles. The second-order valence-electron chi connectivity index (χ2n) is 13.8. The molecular weight excluding hydrogens is 666 g/mol. The number of carbonyl (C=O) groups is 2. The number of benzene rings is 1. The van der Waals surface area contributed by atoms with Crippen LogP contribution < -0.4 is 10.3 Å². The molecule has 0 spiro atoms. The van der Waals surface area contributed by atoms with Gasteiger partial charge in [0.1, 0.15) is 19.0 Å². The van der Waals surface area contributed by atoms with Gasteiger partial charge in [-0.05, 0) is 57.9 Å². The van der Waals surface area contributed by atoms with Gasteiger partial charge in [-0.1, -0.05) is 31.2 Å². The topological polar surface area (TPSA) is 178 Å². The molecule has 1 N–H and O–H groups in total. The Balaban J connectivity index is 1.22. The zero-order valence-corrected chi connectivity index (χ0v) is 29.7. The highest BCUT2D eigenvalue weighted by molar-refractivity contribution is 7.89. The predicted octanol–water partition coefficient (Wildman–Crippen LogP) is 3.13. The Kier molecular flexibility index (Phi) is 9.00. The molecule has 0 aliphatic carbocycles. The van der Waals surface area contributed by atoms with Crippen LogP contribution in [0.4, 0.5) is 0 Å². The van der Waals surface area contributed by atoms with Crippen molar-refractivity contribution in [2.75, 3.05) is 26.0 Å². The molecule has 0 amide bonds. The third kappa shape index (κ3) is 6.34. The van der Waals surface area contributed by atoms with Crippen molar-refractivity contribution in [2.45, 2.75) is 77.3 Å². The molecule has 1 radical (unpaired) electrons. The molecule has 5 heterocycles. The summed E-state index contributed by atoms with van der Waals surface area (Å²) in [6, 6.07) is 11.3. The lowest BCUT2D eigenvalue weighted by molar-refractivity contribution is -0.239. The summed E-state index contributed by atoms with van der Waals surface area (Å²) in [6.07, 6.45) is 2.76. The van der Waals surface area contributed by atoms with Crippen LogP contribution in [0.3, 0.4) is 0 Å². The SMILES string of the molecule is CC[C@@]1(OC(=O)CN=C(CCOCC2=CC(C)(C)N([O])C2(C)C)NS(C)(=O)=O)C(=O)OCc2c1cc1n(c2=O)Cc2cc3ccccc3nc2-1. The van der Waals surface area contributed by atoms with E-state index in [0.29, 0.717) is 17.9 Å². The van der Waals surface area contributed by atoms with Gasteiger partial charge in [-0.15, -0.1) is 10.3 Å². The average Bonchev–Trinajstić information content (AvgIpc) is 3.48. The number of carbonyl (C=O) groups excluding carboxylic acids is 2. The van der Waals surface area contributed by atoms with Crippen LogP contribution >= 0.6 is 0 Å². The highest BCUT2D eigenvalue weighted by Gasteiger charge is 2.50. The smallest absolute Gasteiger partial charge is 0.355 e. The Morgan fingerprint density at radius 2 is 1.88 bits per heavy atom. The summed E-state index contributed by atoms with van der Waals surface area (Å²) in [6.45, 7) is 8.41. The Hall–Kier alpha value is -4.44. The van der Waals surface area contributed by atoms with Gasteiger partial charge in [0, 0.05) is 22.9 Å². The summed E-state index contributed by atoms with van der Waals surface area (Å²) in [5.74, 6) is -1.82. The molecule has 0 saturated carbocycles. The first kappa shape index (κ1) is 35.4. The normalized spacial score (nSPS) is 20.9. The molecule has 265 valence electrons. The van der Waals surface area contributed by atoms with Gasteiger partial charge in [-0.2, -0.15) is 0 Å². The van der Waals surface area contributed by atoms with Gasteiger partial charge >= 0.3 is 11.9 Å². The van der Waals surface area contributed by atoms with Gasteiger partial charge in [0.25, 0.3) is 5.56 Å². The maximum Gasteiger partial charge on any atom is 0.355 e. The number of rotatable bonds is 10. The minimum Gasteiger partial charge on any atom is -0.457 e. The van der Waals surface area contributed by atoms with Crippen molar-refractivity contribution < 1.29 is 37.4 Å². The number of hydrogen-bond donors (Lipinski definition) is 1. The van der Waals surface area contributed by atoms with Crippen molar-refractivity contribution in [2.24, 2.45) is 4.99 Å². The van der Waals surface area contributed by atoms with Crippen LogP contribution in [-0.4, -0.2) is 77.9 Å². The number of hydroxylamine groups is 2. The molecule has 15 heteroatoms. The molecule has 3 aliphatic rings. The largest absolute Gasteiger partial charge is 0.457 e. The molecule has 6 rings (SSSR count). The quantitative estimate of drug-likeness (QED) is 0.0847. The van der Waals surface area contributed by atoms with E-state index in [0.717, 1.165) is 33.4 Å². The highest BCUT2D eigenvalue weighted by atomic mass is 32.2. The van der Waals surface area contributed by atoms with Gasteiger partial charge in [0.2, 0.25) is 15.6 Å². The number of esters is 2. The first-order chi connectivity index (χ1) is 23.5. The van der Waals surface area contributed by atoms with Crippen molar-refractivity contribution in [1.29, 1.82) is 0 Å². The minimum absolute atomic E-state index is 0.00761. The van der Waals surface area contributed by atoms with Crippen molar-refractivity contribution >= 4 is 38.7 Å². The van der Waals surface area contributed by atoms with E-state index in [2.05, 4.69) is 9.71 Å². The number of aliphatic imine (C=N–C) groups is 1. The van der Waals surface area contributed by atoms with E-state index in [1.807, 2.05) is 50.3 Å². The molecule has 0 bridgehead atoms. The van der Waals surface area contributed by atoms with Crippen LogP contribution in [0.5, 0.6) is 0 Å². The Morgan fingerprint density at radius 1 is 1.14 bits per heavy atom. The van der Waals surface area contributed by atoms with Crippen molar-refractivity contribution in [3.05, 3.63) is 75.1 Å². The fraction of sp³-hybridized carbons (Fsp3) is 0.457. The molecule has 50 heavy (non-hydrogen) atoms. The van der Waals surface area contributed by atoms with Crippen molar-refractivity contribution in [3.8, 4) is 11.4 Å². The first-order valence-electron chi connectivity index (χ1n) is 16.3. The number of fused-ring (bicyclic) bond motifs is 5. The molecular formula is C35H40N5O9S.